The molecule has 2 amide bonds. The third-order valence-corrected chi connectivity index (χ3v) is 4.24. The van der Waals surface area contributed by atoms with Crippen LogP contribution in [0.2, 0.25) is 0 Å². The standard InChI is InChI=1S/C15H21N3O3/c1-10-8-13(17-21-10)16-14(19)11-9-12(11)15(20)18-6-4-2-3-5-7-18/h8,11-12H,2-7,9H2,1H3,(H,16,17,19). The molecule has 6 nitrogen and oxygen atoms in total. The van der Waals surface area contributed by atoms with Crippen LogP contribution in [0.1, 0.15) is 37.9 Å². The Labute approximate surface area is 123 Å². The molecular formula is C15H21N3O3. The summed E-state index contributed by atoms with van der Waals surface area (Å²) in [6, 6.07) is 1.67. The van der Waals surface area contributed by atoms with Gasteiger partial charge in [0.15, 0.2) is 5.82 Å². The van der Waals surface area contributed by atoms with Gasteiger partial charge in [0.05, 0.1) is 11.8 Å². The summed E-state index contributed by atoms with van der Waals surface area (Å²) in [5.41, 5.74) is 0. The number of likely N-dealkylation sites (tertiary alicyclic amines) is 1. The second-order valence-electron chi connectivity index (χ2n) is 6.00. The number of rotatable bonds is 3. The molecule has 0 aromatic carbocycles. The highest BCUT2D eigenvalue weighted by molar-refractivity contribution is 5.99. The molecule has 1 aromatic rings. The fraction of sp³-hybridized carbons (Fsp3) is 0.667. The number of nitrogens with zero attached hydrogens (tertiary/aromatic N) is 2. The van der Waals surface area contributed by atoms with Crippen LogP contribution in [0.15, 0.2) is 10.6 Å². The molecule has 2 atom stereocenters. The van der Waals surface area contributed by atoms with E-state index in [0.717, 1.165) is 25.9 Å². The highest BCUT2D eigenvalue weighted by Gasteiger charge is 2.49. The number of hydrogen-bond donors (Lipinski definition) is 1. The van der Waals surface area contributed by atoms with Crippen molar-refractivity contribution in [3.8, 4) is 0 Å². The van der Waals surface area contributed by atoms with Crippen LogP contribution in [0.4, 0.5) is 5.82 Å². The number of carbonyl (C=O) groups excluding carboxylic acids is 2. The van der Waals surface area contributed by atoms with Crippen LogP contribution in [0.3, 0.4) is 0 Å². The van der Waals surface area contributed by atoms with Crippen molar-refractivity contribution in [2.75, 3.05) is 18.4 Å². The van der Waals surface area contributed by atoms with Gasteiger partial charge in [-0.1, -0.05) is 18.0 Å². The predicted octanol–water partition coefficient (Wildman–Crippen LogP) is 1.96. The summed E-state index contributed by atoms with van der Waals surface area (Å²) in [6.07, 6.45) is 5.20. The normalized spacial score (nSPS) is 25.3. The topological polar surface area (TPSA) is 75.4 Å². The first-order chi connectivity index (χ1) is 10.1. The lowest BCUT2D eigenvalue weighted by Gasteiger charge is -2.20. The van der Waals surface area contributed by atoms with Crippen LogP contribution in [-0.2, 0) is 9.59 Å². The van der Waals surface area contributed by atoms with E-state index in [-0.39, 0.29) is 23.7 Å². The predicted molar refractivity (Wildman–Crippen MR) is 76.5 cm³/mol. The molecule has 21 heavy (non-hydrogen) atoms. The molecule has 0 radical (unpaired) electrons. The number of hydrogen-bond acceptors (Lipinski definition) is 4. The summed E-state index contributed by atoms with van der Waals surface area (Å²) in [5, 5.41) is 6.45. The molecule has 2 unspecified atom stereocenters. The zero-order valence-electron chi connectivity index (χ0n) is 12.3. The van der Waals surface area contributed by atoms with Gasteiger partial charge >= 0.3 is 0 Å². The first-order valence-corrected chi connectivity index (χ1v) is 7.68. The summed E-state index contributed by atoms with van der Waals surface area (Å²) >= 11 is 0. The Bertz CT molecular complexity index is 532. The minimum atomic E-state index is -0.210. The minimum Gasteiger partial charge on any atom is -0.360 e. The van der Waals surface area contributed by atoms with E-state index in [9.17, 15) is 9.59 Å². The maximum Gasteiger partial charge on any atom is 0.229 e. The van der Waals surface area contributed by atoms with Gasteiger partial charge < -0.3 is 14.7 Å². The molecule has 0 bridgehead atoms. The van der Waals surface area contributed by atoms with Crippen LogP contribution in [-0.4, -0.2) is 35.0 Å². The SMILES string of the molecule is Cc1cc(NC(=O)C2CC2C(=O)N2CCCCCC2)no1. The van der Waals surface area contributed by atoms with Crippen LogP contribution >= 0.6 is 0 Å². The van der Waals surface area contributed by atoms with Crippen molar-refractivity contribution < 1.29 is 14.1 Å². The lowest BCUT2D eigenvalue weighted by atomic mass is 10.2. The van der Waals surface area contributed by atoms with Gasteiger partial charge in [-0.05, 0) is 26.2 Å². The molecule has 1 aliphatic carbocycles. The molecular weight excluding hydrogens is 270 g/mol. The van der Waals surface area contributed by atoms with E-state index in [0.29, 0.717) is 18.0 Å². The van der Waals surface area contributed by atoms with E-state index in [1.165, 1.54) is 12.8 Å². The lowest BCUT2D eigenvalue weighted by Crippen LogP contribution is -2.34. The Hall–Kier alpha value is -1.85. The van der Waals surface area contributed by atoms with E-state index in [1.54, 1.807) is 13.0 Å². The first-order valence-electron chi connectivity index (χ1n) is 7.68. The van der Waals surface area contributed by atoms with Crippen LogP contribution in [0, 0.1) is 18.8 Å². The van der Waals surface area contributed by atoms with E-state index in [2.05, 4.69) is 10.5 Å². The number of aryl methyl sites for hydroxylation is 1. The molecule has 2 aliphatic rings. The Morgan fingerprint density at radius 3 is 2.57 bits per heavy atom. The molecule has 0 spiro atoms. The van der Waals surface area contributed by atoms with Crippen LogP contribution in [0.25, 0.3) is 0 Å². The van der Waals surface area contributed by atoms with Gasteiger partial charge in [0.1, 0.15) is 5.76 Å². The second-order valence-corrected chi connectivity index (χ2v) is 6.00. The van der Waals surface area contributed by atoms with Crippen molar-refractivity contribution in [3.05, 3.63) is 11.8 Å². The number of aromatic nitrogens is 1. The molecule has 1 saturated heterocycles. The molecule has 1 N–H and O–H groups in total. The number of amides is 2. The Kier molecular flexibility index (Phi) is 3.94. The molecule has 1 aromatic heterocycles. The highest BCUT2D eigenvalue weighted by Crippen LogP contribution is 2.41. The molecule has 1 saturated carbocycles. The maximum atomic E-state index is 12.4. The van der Waals surface area contributed by atoms with E-state index >= 15 is 0 Å². The van der Waals surface area contributed by atoms with Gasteiger partial charge in [-0.2, -0.15) is 0 Å². The highest BCUT2D eigenvalue weighted by atomic mass is 16.5. The molecule has 2 heterocycles. The largest absolute Gasteiger partial charge is 0.360 e. The first kappa shape index (κ1) is 14.1. The molecule has 114 valence electrons. The summed E-state index contributed by atoms with van der Waals surface area (Å²) < 4.78 is 4.91. The molecule has 3 rings (SSSR count). The second kappa shape index (κ2) is 5.87. The fourth-order valence-corrected chi connectivity index (χ4v) is 2.93. The summed E-state index contributed by atoms with van der Waals surface area (Å²) in [6.45, 7) is 3.45. The van der Waals surface area contributed by atoms with Gasteiger partial charge in [0.25, 0.3) is 0 Å². The number of anilines is 1. The molecule has 6 heteroatoms. The van der Waals surface area contributed by atoms with Crippen molar-refractivity contribution in [1.82, 2.24) is 10.1 Å². The Balaban J connectivity index is 1.52. The monoisotopic (exact) mass is 291 g/mol. The molecule has 2 fully saturated rings. The maximum absolute atomic E-state index is 12.4. The van der Waals surface area contributed by atoms with Gasteiger partial charge in [-0.15, -0.1) is 0 Å². The Morgan fingerprint density at radius 2 is 1.95 bits per heavy atom. The van der Waals surface area contributed by atoms with E-state index in [1.807, 2.05) is 4.90 Å². The number of carbonyl (C=O) groups is 2. The zero-order valence-corrected chi connectivity index (χ0v) is 12.3. The van der Waals surface area contributed by atoms with Crippen molar-refractivity contribution in [2.45, 2.75) is 39.0 Å². The molecule has 1 aliphatic heterocycles. The van der Waals surface area contributed by atoms with Crippen molar-refractivity contribution >= 4 is 17.6 Å². The van der Waals surface area contributed by atoms with Gasteiger partial charge in [0.2, 0.25) is 11.8 Å². The third-order valence-electron chi connectivity index (χ3n) is 4.24. The minimum absolute atomic E-state index is 0.128. The summed E-state index contributed by atoms with van der Waals surface area (Å²) in [4.78, 5) is 26.4. The average molecular weight is 291 g/mol. The van der Waals surface area contributed by atoms with Crippen LogP contribution in [0.5, 0.6) is 0 Å². The Morgan fingerprint density at radius 1 is 1.24 bits per heavy atom. The van der Waals surface area contributed by atoms with Crippen LogP contribution < -0.4 is 5.32 Å². The third kappa shape index (κ3) is 3.25. The summed E-state index contributed by atoms with van der Waals surface area (Å²) in [7, 11) is 0. The van der Waals surface area contributed by atoms with Crippen molar-refractivity contribution in [1.29, 1.82) is 0 Å². The van der Waals surface area contributed by atoms with E-state index in [4.69, 9.17) is 4.52 Å². The van der Waals surface area contributed by atoms with Gasteiger partial charge in [0, 0.05) is 19.2 Å². The van der Waals surface area contributed by atoms with Crippen molar-refractivity contribution in [3.63, 3.8) is 0 Å². The smallest absolute Gasteiger partial charge is 0.229 e. The quantitative estimate of drug-likeness (QED) is 0.923. The number of nitrogens with one attached hydrogen (secondary N) is 1. The van der Waals surface area contributed by atoms with E-state index < -0.39 is 0 Å². The van der Waals surface area contributed by atoms with Crippen molar-refractivity contribution in [2.24, 2.45) is 11.8 Å². The van der Waals surface area contributed by atoms with Gasteiger partial charge in [-0.25, -0.2) is 0 Å². The average Bonchev–Trinajstić information content (AvgIpc) is 3.22. The van der Waals surface area contributed by atoms with Gasteiger partial charge in [-0.3, -0.25) is 9.59 Å². The fourth-order valence-electron chi connectivity index (χ4n) is 2.93. The summed E-state index contributed by atoms with van der Waals surface area (Å²) in [5.74, 6) is 0.738. The lowest BCUT2D eigenvalue weighted by molar-refractivity contribution is -0.134. The zero-order chi connectivity index (χ0) is 14.8.